The fourth-order valence-electron chi connectivity index (χ4n) is 6.14. The van der Waals surface area contributed by atoms with E-state index in [9.17, 15) is 14.7 Å². The Morgan fingerprint density at radius 3 is 2.02 bits per heavy atom. The van der Waals surface area contributed by atoms with Gasteiger partial charge in [-0.25, -0.2) is 9.97 Å². The fourth-order valence-corrected chi connectivity index (χ4v) is 7.11. The van der Waals surface area contributed by atoms with E-state index in [0.29, 0.717) is 22.0 Å². The number of aliphatic hydroxyl groups excluding tert-OH is 1. The van der Waals surface area contributed by atoms with Crippen molar-refractivity contribution in [2.24, 2.45) is 5.92 Å². The van der Waals surface area contributed by atoms with Gasteiger partial charge < -0.3 is 14.6 Å². The summed E-state index contributed by atoms with van der Waals surface area (Å²) >= 11 is 1.55. The molecule has 1 saturated heterocycles. The van der Waals surface area contributed by atoms with Crippen molar-refractivity contribution in [1.82, 2.24) is 14.9 Å². The van der Waals surface area contributed by atoms with Crippen molar-refractivity contribution >= 4 is 23.6 Å². The highest BCUT2D eigenvalue weighted by molar-refractivity contribution is 7.99. The van der Waals surface area contributed by atoms with Crippen LogP contribution in [0, 0.1) is 5.92 Å². The van der Waals surface area contributed by atoms with Crippen LogP contribution in [0.25, 0.3) is 11.1 Å². The van der Waals surface area contributed by atoms with E-state index in [0.717, 1.165) is 33.4 Å². The fraction of sp³-hybridized carbons (Fsp3) is 0.211. The number of imide groups is 1. The summed E-state index contributed by atoms with van der Waals surface area (Å²) in [5.74, 6) is 0.141. The first-order valence-electron chi connectivity index (χ1n) is 15.5. The molecule has 0 unspecified atom stereocenters. The minimum absolute atomic E-state index is 0.0167. The van der Waals surface area contributed by atoms with Gasteiger partial charge in [-0.1, -0.05) is 104 Å². The van der Waals surface area contributed by atoms with Crippen LogP contribution >= 0.6 is 11.8 Å². The molecule has 0 saturated carbocycles. The summed E-state index contributed by atoms with van der Waals surface area (Å²) < 4.78 is 13.2. The smallest absolute Gasteiger partial charge is 0.261 e. The van der Waals surface area contributed by atoms with Gasteiger partial charge in [-0.15, -0.1) is 0 Å². The number of aromatic nitrogens is 2. The molecule has 0 aliphatic carbocycles. The number of thioether (sulfide) groups is 1. The zero-order chi connectivity index (χ0) is 32.3. The number of nitrogens with zero attached hydrogens (tertiary/aromatic N) is 3. The summed E-state index contributed by atoms with van der Waals surface area (Å²) in [7, 11) is 0. The number of amides is 2. The Morgan fingerprint density at radius 1 is 0.745 bits per heavy atom. The molecule has 1 N–H and O–H groups in total. The second-order valence-electron chi connectivity index (χ2n) is 11.7. The molecule has 2 amide bonds. The van der Waals surface area contributed by atoms with Gasteiger partial charge in [0.2, 0.25) is 0 Å². The highest BCUT2D eigenvalue weighted by Crippen LogP contribution is 2.43. The van der Waals surface area contributed by atoms with Crippen LogP contribution in [0.15, 0.2) is 121 Å². The van der Waals surface area contributed by atoms with E-state index in [2.05, 4.69) is 16.9 Å². The third-order valence-corrected chi connectivity index (χ3v) is 9.72. The largest absolute Gasteiger partial charge is 0.392 e. The summed E-state index contributed by atoms with van der Waals surface area (Å²) in [5.41, 5.74) is 6.39. The lowest BCUT2D eigenvalue weighted by Crippen LogP contribution is -2.38. The molecule has 2 aliphatic rings. The van der Waals surface area contributed by atoms with Gasteiger partial charge in [0, 0.05) is 29.6 Å². The molecular formula is C38H33N3O5S. The van der Waals surface area contributed by atoms with Crippen LogP contribution in [0.4, 0.5) is 0 Å². The second-order valence-corrected chi connectivity index (χ2v) is 12.7. The van der Waals surface area contributed by atoms with E-state index in [1.807, 2.05) is 72.8 Å². The normalized spacial score (nSPS) is 20.8. The molecule has 4 atom stereocenters. The average Bonchev–Trinajstić information content (AvgIpc) is 3.37. The van der Waals surface area contributed by atoms with E-state index >= 15 is 0 Å². The van der Waals surface area contributed by atoms with Gasteiger partial charge in [0.15, 0.2) is 11.4 Å². The molecule has 3 heterocycles. The molecular weight excluding hydrogens is 611 g/mol. The number of carbonyl (C=O) groups excluding carboxylic acids is 2. The first kappa shape index (κ1) is 31.0. The monoisotopic (exact) mass is 643 g/mol. The summed E-state index contributed by atoms with van der Waals surface area (Å²) in [4.78, 5) is 36.2. The molecule has 1 fully saturated rings. The number of aliphatic hydroxyl groups is 1. The molecule has 0 bridgehead atoms. The molecule has 236 valence electrons. The zero-order valence-corrected chi connectivity index (χ0v) is 26.5. The molecule has 0 spiro atoms. The van der Waals surface area contributed by atoms with Gasteiger partial charge in [0.25, 0.3) is 11.8 Å². The Bertz CT molecular complexity index is 1850. The molecule has 47 heavy (non-hydrogen) atoms. The molecule has 4 aromatic carbocycles. The first-order chi connectivity index (χ1) is 23.0. The van der Waals surface area contributed by atoms with Crippen LogP contribution in [0.5, 0.6) is 0 Å². The van der Waals surface area contributed by atoms with Gasteiger partial charge in [0.05, 0.1) is 36.5 Å². The van der Waals surface area contributed by atoms with Gasteiger partial charge in [0.1, 0.15) is 0 Å². The number of hydrogen-bond donors (Lipinski definition) is 1. The lowest BCUT2D eigenvalue weighted by atomic mass is 9.91. The molecule has 0 radical (unpaired) electrons. The number of hydrogen-bond acceptors (Lipinski definition) is 8. The summed E-state index contributed by atoms with van der Waals surface area (Å²) in [6.45, 7) is 2.29. The van der Waals surface area contributed by atoms with Crippen molar-refractivity contribution in [3.05, 3.63) is 149 Å². The van der Waals surface area contributed by atoms with Crippen molar-refractivity contribution in [2.75, 3.05) is 5.75 Å². The Kier molecular flexibility index (Phi) is 8.95. The maximum atomic E-state index is 13.1. The average molecular weight is 644 g/mol. The number of fused-ring (bicyclic) bond motifs is 1. The van der Waals surface area contributed by atoms with Crippen molar-refractivity contribution in [3.8, 4) is 11.1 Å². The van der Waals surface area contributed by atoms with Crippen LogP contribution in [-0.4, -0.2) is 43.6 Å². The summed E-state index contributed by atoms with van der Waals surface area (Å²) in [6, 6.07) is 32.5. The Morgan fingerprint density at radius 2 is 1.36 bits per heavy atom. The lowest BCUT2D eigenvalue weighted by molar-refractivity contribution is -0.268. The summed E-state index contributed by atoms with van der Waals surface area (Å²) in [5, 5.41) is 10.3. The van der Waals surface area contributed by atoms with Crippen molar-refractivity contribution in [2.45, 2.75) is 43.7 Å². The van der Waals surface area contributed by atoms with Crippen LogP contribution < -0.4 is 0 Å². The Labute approximate surface area is 277 Å². The van der Waals surface area contributed by atoms with Gasteiger partial charge in [-0.3, -0.25) is 14.5 Å². The highest BCUT2D eigenvalue weighted by Gasteiger charge is 2.39. The molecule has 1 aromatic heterocycles. The predicted molar refractivity (Wildman–Crippen MR) is 178 cm³/mol. The van der Waals surface area contributed by atoms with Crippen LogP contribution in [0.1, 0.15) is 62.3 Å². The van der Waals surface area contributed by atoms with Gasteiger partial charge in [-0.2, -0.15) is 0 Å². The SMILES string of the molecule is C[C@H]1[C@@H](CSc2ncccn2)O[C@@H](c2ccc(-c3ccccc3CN3C(=O)c4ccccc4C3=O)cc2)O[C@H]1c1ccc(CO)cc1. The molecule has 2 aliphatic heterocycles. The number of benzene rings is 4. The maximum absolute atomic E-state index is 13.1. The van der Waals surface area contributed by atoms with E-state index in [1.54, 1.807) is 54.5 Å². The molecule has 9 heteroatoms. The highest BCUT2D eigenvalue weighted by atomic mass is 32.2. The lowest BCUT2D eigenvalue weighted by Gasteiger charge is -2.41. The second kappa shape index (κ2) is 13.6. The van der Waals surface area contributed by atoms with Crippen LogP contribution in [0.2, 0.25) is 0 Å². The molecule has 7 rings (SSSR count). The number of ether oxygens (including phenoxy) is 2. The van der Waals surface area contributed by atoms with Crippen molar-refractivity contribution in [3.63, 3.8) is 0 Å². The third kappa shape index (κ3) is 6.35. The maximum Gasteiger partial charge on any atom is 0.261 e. The van der Waals surface area contributed by atoms with E-state index in [1.165, 1.54) is 4.90 Å². The Hall–Kier alpha value is -4.67. The topological polar surface area (TPSA) is 102 Å². The van der Waals surface area contributed by atoms with Crippen molar-refractivity contribution < 1.29 is 24.2 Å². The first-order valence-corrected chi connectivity index (χ1v) is 16.5. The van der Waals surface area contributed by atoms with Gasteiger partial charge in [-0.05, 0) is 46.0 Å². The van der Waals surface area contributed by atoms with E-state index in [-0.39, 0.29) is 43.1 Å². The van der Waals surface area contributed by atoms with Crippen molar-refractivity contribution in [1.29, 1.82) is 0 Å². The molecule has 8 nitrogen and oxygen atoms in total. The minimum atomic E-state index is -0.612. The summed E-state index contributed by atoms with van der Waals surface area (Å²) in [6.07, 6.45) is 2.47. The van der Waals surface area contributed by atoms with E-state index < -0.39 is 6.29 Å². The van der Waals surface area contributed by atoms with Crippen LogP contribution in [0.3, 0.4) is 0 Å². The standard InChI is InChI=1S/C38H33N3O5S/c1-24-33(23-47-38-39-19-6-20-40-38)45-37(46-34(24)27-13-11-25(22-42)12-14-27)28-17-15-26(16-18-28)30-8-3-2-7-29(30)21-41-35(43)31-9-4-5-10-32(31)36(41)44/h2-20,24,33-34,37,42H,21-23H2,1H3/t24-,33+,34+,37+/m0/s1. The number of carbonyl (C=O) groups is 2. The van der Waals surface area contributed by atoms with Crippen LogP contribution in [-0.2, 0) is 22.6 Å². The number of rotatable bonds is 9. The van der Waals surface area contributed by atoms with E-state index in [4.69, 9.17) is 9.47 Å². The zero-order valence-electron chi connectivity index (χ0n) is 25.7. The predicted octanol–water partition coefficient (Wildman–Crippen LogP) is 7.02. The third-order valence-electron chi connectivity index (χ3n) is 8.76. The Balaban J connectivity index is 1.13. The molecule has 5 aromatic rings. The quantitative estimate of drug-likeness (QED) is 0.104. The minimum Gasteiger partial charge on any atom is -0.392 e. The van der Waals surface area contributed by atoms with Gasteiger partial charge >= 0.3 is 0 Å².